The Kier molecular flexibility index (Phi) is 8.84. The summed E-state index contributed by atoms with van der Waals surface area (Å²) in [7, 11) is 3.27. The van der Waals surface area contributed by atoms with Crippen LogP contribution in [-0.2, 0) is 0 Å². The zero-order valence-electron chi connectivity index (χ0n) is 26.5. The van der Waals surface area contributed by atoms with E-state index in [1.165, 1.54) is 0 Å². The first-order valence-electron chi connectivity index (χ1n) is 15.8. The number of nitrogens with one attached hydrogen (secondary N) is 2. The van der Waals surface area contributed by atoms with Crippen molar-refractivity contribution in [3.8, 4) is 11.5 Å². The molecule has 0 aromatic heterocycles. The van der Waals surface area contributed by atoms with Gasteiger partial charge in [0.25, 0.3) is 11.8 Å². The van der Waals surface area contributed by atoms with Crippen LogP contribution >= 0.6 is 31.9 Å². The Labute approximate surface area is 296 Å². The molecule has 4 atom stereocenters. The van der Waals surface area contributed by atoms with Gasteiger partial charge in [-0.1, -0.05) is 36.4 Å². The van der Waals surface area contributed by atoms with Crippen molar-refractivity contribution in [3.05, 3.63) is 115 Å². The molecular formula is C36H36Br2N6O4. The molecule has 0 bridgehead atoms. The Hall–Kier alpha value is -4.10. The third-order valence-corrected chi connectivity index (χ3v) is 10.7. The van der Waals surface area contributed by atoms with Gasteiger partial charge in [-0.05, 0) is 103 Å². The monoisotopic (exact) mass is 774 g/mol. The fraction of sp³-hybridized carbons (Fsp3) is 0.278. The average molecular weight is 777 g/mol. The highest BCUT2D eigenvalue weighted by Gasteiger charge is 2.38. The van der Waals surface area contributed by atoms with Crippen molar-refractivity contribution < 1.29 is 19.1 Å². The van der Waals surface area contributed by atoms with Gasteiger partial charge in [-0.2, -0.15) is 0 Å². The van der Waals surface area contributed by atoms with Gasteiger partial charge in [0, 0.05) is 25.2 Å². The zero-order chi connectivity index (χ0) is 33.7. The number of hydrogen-bond acceptors (Lipinski definition) is 8. The number of methoxy groups -OCH3 is 2. The van der Waals surface area contributed by atoms with Gasteiger partial charge in [-0.25, -0.2) is 0 Å². The van der Waals surface area contributed by atoms with Crippen LogP contribution in [0.3, 0.4) is 0 Å². The molecule has 10 nitrogen and oxygen atoms in total. The van der Waals surface area contributed by atoms with Crippen LogP contribution in [-0.4, -0.2) is 39.1 Å². The van der Waals surface area contributed by atoms with Gasteiger partial charge in [0.15, 0.2) is 0 Å². The average Bonchev–Trinajstić information content (AvgIpc) is 3.10. The normalized spacial score (nSPS) is 22.0. The molecule has 0 saturated heterocycles. The number of para-hydroxylation sites is 2. The third kappa shape index (κ3) is 5.60. The van der Waals surface area contributed by atoms with Crippen molar-refractivity contribution in [1.82, 2.24) is 10.6 Å². The molecule has 248 valence electrons. The van der Waals surface area contributed by atoms with Crippen LogP contribution in [0.5, 0.6) is 11.5 Å². The fourth-order valence-corrected chi connectivity index (χ4v) is 8.24. The Balaban J connectivity index is 0.000000152. The lowest BCUT2D eigenvalue weighted by atomic mass is 9.90. The molecule has 0 spiro atoms. The van der Waals surface area contributed by atoms with Crippen molar-refractivity contribution in [2.24, 2.45) is 11.5 Å². The molecular weight excluding hydrogens is 740 g/mol. The Morgan fingerprint density at radius 2 is 1.08 bits per heavy atom. The topological polar surface area (TPSA) is 135 Å². The van der Waals surface area contributed by atoms with Crippen LogP contribution in [0.2, 0.25) is 0 Å². The molecule has 4 aromatic carbocycles. The first-order valence-corrected chi connectivity index (χ1v) is 17.4. The molecule has 4 aliphatic heterocycles. The summed E-state index contributed by atoms with van der Waals surface area (Å²) in [5, 5.41) is 6.23. The maximum Gasteiger partial charge on any atom is 0.255 e. The number of anilines is 2. The zero-order valence-corrected chi connectivity index (χ0v) is 29.7. The number of halogens is 2. The Bertz CT molecular complexity index is 1780. The SMILES string of the molecule is COc1ccc([C@@H]2NC(=O)c3cccc4c3N2CC[C@H]4N)cc1Br.COc1ccc([C@H]2NC(=O)c3cccc4c3N2CC[C@@H]4N)cc1Br. The Morgan fingerprint density at radius 1 is 0.667 bits per heavy atom. The maximum absolute atomic E-state index is 12.6. The molecule has 4 aliphatic rings. The van der Waals surface area contributed by atoms with Crippen molar-refractivity contribution in [2.75, 3.05) is 37.1 Å². The smallest absolute Gasteiger partial charge is 0.255 e. The number of rotatable bonds is 4. The van der Waals surface area contributed by atoms with Crippen LogP contribution in [0, 0.1) is 0 Å². The molecule has 0 fully saturated rings. The molecule has 48 heavy (non-hydrogen) atoms. The van der Waals surface area contributed by atoms with E-state index in [1.54, 1.807) is 14.2 Å². The molecule has 2 amide bonds. The lowest BCUT2D eigenvalue weighted by molar-refractivity contribution is 0.0916. The van der Waals surface area contributed by atoms with E-state index in [4.69, 9.17) is 20.9 Å². The molecule has 4 aromatic rings. The van der Waals surface area contributed by atoms with Crippen LogP contribution in [0.1, 0.15) is 80.2 Å². The molecule has 0 unspecified atom stereocenters. The molecule has 0 saturated carbocycles. The van der Waals surface area contributed by atoms with Gasteiger partial charge in [0.1, 0.15) is 23.8 Å². The molecule has 0 aliphatic carbocycles. The van der Waals surface area contributed by atoms with Gasteiger partial charge in [0.05, 0.1) is 45.7 Å². The van der Waals surface area contributed by atoms with Crippen LogP contribution in [0.4, 0.5) is 11.4 Å². The Morgan fingerprint density at radius 3 is 1.46 bits per heavy atom. The van der Waals surface area contributed by atoms with Crippen LogP contribution < -0.4 is 41.4 Å². The van der Waals surface area contributed by atoms with E-state index in [9.17, 15) is 9.59 Å². The first-order chi connectivity index (χ1) is 23.2. The number of hydrogen-bond donors (Lipinski definition) is 4. The van der Waals surface area contributed by atoms with E-state index >= 15 is 0 Å². The van der Waals surface area contributed by atoms with Crippen molar-refractivity contribution in [3.63, 3.8) is 0 Å². The molecule has 6 N–H and O–H groups in total. The number of carbonyl (C=O) groups excluding carboxylic acids is 2. The third-order valence-electron chi connectivity index (χ3n) is 9.50. The van der Waals surface area contributed by atoms with Gasteiger partial charge >= 0.3 is 0 Å². The second kappa shape index (κ2) is 13.1. The summed E-state index contributed by atoms with van der Waals surface area (Å²) < 4.78 is 12.3. The predicted octanol–water partition coefficient (Wildman–Crippen LogP) is 6.22. The summed E-state index contributed by atoms with van der Waals surface area (Å²) in [5.41, 5.74) is 20.0. The van der Waals surface area contributed by atoms with E-state index in [0.29, 0.717) is 11.1 Å². The quantitative estimate of drug-likeness (QED) is 0.192. The fourth-order valence-electron chi connectivity index (χ4n) is 7.13. The van der Waals surface area contributed by atoms with Crippen molar-refractivity contribution in [1.29, 1.82) is 0 Å². The number of nitrogens with zero attached hydrogens (tertiary/aromatic N) is 2. The summed E-state index contributed by atoms with van der Waals surface area (Å²) in [6.07, 6.45) is 1.31. The van der Waals surface area contributed by atoms with Crippen molar-refractivity contribution in [2.45, 2.75) is 37.3 Å². The largest absolute Gasteiger partial charge is 0.496 e. The van der Waals surface area contributed by atoms with Gasteiger partial charge < -0.3 is 41.4 Å². The predicted molar refractivity (Wildman–Crippen MR) is 192 cm³/mol. The lowest BCUT2D eigenvalue weighted by Gasteiger charge is -2.44. The van der Waals surface area contributed by atoms with E-state index in [-0.39, 0.29) is 36.2 Å². The minimum Gasteiger partial charge on any atom is -0.496 e. The number of nitrogens with two attached hydrogens (primary N) is 2. The lowest BCUT2D eigenvalue weighted by Crippen LogP contribution is -2.49. The van der Waals surface area contributed by atoms with Crippen LogP contribution in [0.25, 0.3) is 0 Å². The van der Waals surface area contributed by atoms with E-state index < -0.39 is 0 Å². The minimum absolute atomic E-state index is 0.0228. The highest BCUT2D eigenvalue weighted by molar-refractivity contribution is 9.10. The molecule has 0 radical (unpaired) electrons. The highest BCUT2D eigenvalue weighted by atomic mass is 79.9. The summed E-state index contributed by atoms with van der Waals surface area (Å²) in [6.45, 7) is 1.61. The number of ether oxygens (including phenoxy) is 2. The van der Waals surface area contributed by atoms with Gasteiger partial charge in [0.2, 0.25) is 0 Å². The van der Waals surface area contributed by atoms with Gasteiger partial charge in [-0.15, -0.1) is 0 Å². The van der Waals surface area contributed by atoms with E-state index in [1.807, 2.05) is 72.8 Å². The molecule has 8 rings (SSSR count). The number of benzene rings is 4. The summed E-state index contributed by atoms with van der Waals surface area (Å²) in [6, 6.07) is 23.3. The van der Waals surface area contributed by atoms with E-state index in [2.05, 4.69) is 52.3 Å². The number of carbonyl (C=O) groups is 2. The first kappa shape index (κ1) is 32.4. The molecule has 12 heteroatoms. The van der Waals surface area contributed by atoms with E-state index in [0.717, 1.165) is 80.0 Å². The second-order valence-corrected chi connectivity index (χ2v) is 13.9. The van der Waals surface area contributed by atoms with Crippen LogP contribution in [0.15, 0.2) is 81.7 Å². The maximum atomic E-state index is 12.6. The highest BCUT2D eigenvalue weighted by Crippen LogP contribution is 2.44. The summed E-state index contributed by atoms with van der Waals surface area (Å²) in [5.74, 6) is 1.41. The summed E-state index contributed by atoms with van der Waals surface area (Å²) >= 11 is 7.05. The van der Waals surface area contributed by atoms with Gasteiger partial charge in [-0.3, -0.25) is 9.59 Å². The molecule has 4 heterocycles. The summed E-state index contributed by atoms with van der Waals surface area (Å²) in [4.78, 5) is 29.7. The van der Waals surface area contributed by atoms with Crippen molar-refractivity contribution >= 4 is 55.0 Å². The standard InChI is InChI=1S/2C18H18BrN3O2/c2*1-24-15-6-5-10(9-13(15)19)17-21-18(23)12-4-2-3-11-14(20)7-8-22(17)16(11)12/h2*2-6,9,14,17H,7-8,20H2,1H3,(H,21,23)/t2*14-,17-/m10/s1. The second-order valence-electron chi connectivity index (χ2n) is 12.2. The number of amides is 2. The minimum atomic E-state index is -0.208.